The van der Waals surface area contributed by atoms with Crippen LogP contribution in [0.3, 0.4) is 0 Å². The zero-order valence-corrected chi connectivity index (χ0v) is 11.4. The van der Waals surface area contributed by atoms with Gasteiger partial charge in [0.2, 0.25) is 0 Å². The summed E-state index contributed by atoms with van der Waals surface area (Å²) < 4.78 is 5.55. The molecule has 2 heteroatoms. The van der Waals surface area contributed by atoms with Gasteiger partial charge < -0.3 is 10.1 Å². The van der Waals surface area contributed by atoms with Crippen molar-refractivity contribution < 1.29 is 4.74 Å². The first-order valence-corrected chi connectivity index (χ1v) is 7.24. The molecule has 0 aromatic heterocycles. The molecule has 98 valence electrons. The van der Waals surface area contributed by atoms with Crippen LogP contribution in [0.15, 0.2) is 18.2 Å². The van der Waals surface area contributed by atoms with E-state index >= 15 is 0 Å². The summed E-state index contributed by atoms with van der Waals surface area (Å²) in [4.78, 5) is 0. The van der Waals surface area contributed by atoms with E-state index in [9.17, 15) is 0 Å². The van der Waals surface area contributed by atoms with E-state index in [1.54, 1.807) is 0 Å². The van der Waals surface area contributed by atoms with Gasteiger partial charge in [-0.05, 0) is 48.4 Å². The van der Waals surface area contributed by atoms with Gasteiger partial charge in [-0.2, -0.15) is 0 Å². The molecule has 1 saturated carbocycles. The molecular weight excluding hydrogens is 222 g/mol. The summed E-state index contributed by atoms with van der Waals surface area (Å²) in [6.45, 7) is 5.59. The van der Waals surface area contributed by atoms with E-state index in [1.165, 1.54) is 30.5 Å². The third-order valence-corrected chi connectivity index (χ3v) is 4.50. The fraction of sp³-hybridized carbons (Fsp3) is 0.625. The van der Waals surface area contributed by atoms with Crippen LogP contribution in [0.25, 0.3) is 0 Å². The van der Waals surface area contributed by atoms with Crippen LogP contribution in [-0.4, -0.2) is 12.6 Å². The number of nitrogens with one attached hydrogen (secondary N) is 1. The van der Waals surface area contributed by atoms with E-state index in [2.05, 4.69) is 37.4 Å². The Kier molecular flexibility index (Phi) is 3.19. The molecule has 1 aromatic rings. The summed E-state index contributed by atoms with van der Waals surface area (Å²) in [5, 5.41) is 3.74. The Morgan fingerprint density at radius 2 is 2.11 bits per heavy atom. The molecule has 3 atom stereocenters. The molecule has 1 heterocycles. The SMILES string of the molecule is CC1CCC(C)C(Nc2ccc3c(c2)CCO3)C1. The number of benzene rings is 1. The molecular formula is C16H23NO. The predicted molar refractivity (Wildman–Crippen MR) is 75.2 cm³/mol. The van der Waals surface area contributed by atoms with Gasteiger partial charge in [0, 0.05) is 18.2 Å². The van der Waals surface area contributed by atoms with Crippen molar-refractivity contribution >= 4 is 5.69 Å². The Hall–Kier alpha value is -1.18. The number of anilines is 1. The van der Waals surface area contributed by atoms with Crippen LogP contribution in [0.4, 0.5) is 5.69 Å². The average Bonchev–Trinajstić information content (AvgIpc) is 2.81. The number of fused-ring (bicyclic) bond motifs is 1. The Morgan fingerprint density at radius 3 is 3.00 bits per heavy atom. The zero-order chi connectivity index (χ0) is 12.5. The minimum atomic E-state index is 0.633. The summed E-state index contributed by atoms with van der Waals surface area (Å²) in [6, 6.07) is 7.18. The highest BCUT2D eigenvalue weighted by Crippen LogP contribution is 2.33. The van der Waals surface area contributed by atoms with Crippen molar-refractivity contribution in [2.45, 2.75) is 45.6 Å². The van der Waals surface area contributed by atoms with Crippen molar-refractivity contribution in [3.05, 3.63) is 23.8 Å². The normalized spacial score (nSPS) is 30.7. The number of hydrogen-bond donors (Lipinski definition) is 1. The second-order valence-electron chi connectivity index (χ2n) is 6.07. The molecule has 1 aliphatic heterocycles. The number of rotatable bonds is 2. The maximum atomic E-state index is 5.55. The molecule has 1 N–H and O–H groups in total. The van der Waals surface area contributed by atoms with E-state index in [4.69, 9.17) is 4.74 Å². The first-order chi connectivity index (χ1) is 8.72. The van der Waals surface area contributed by atoms with E-state index in [0.29, 0.717) is 6.04 Å². The van der Waals surface area contributed by atoms with Crippen molar-refractivity contribution in [3.63, 3.8) is 0 Å². The maximum Gasteiger partial charge on any atom is 0.122 e. The van der Waals surface area contributed by atoms with Crippen molar-refractivity contribution in [1.29, 1.82) is 0 Å². The molecule has 3 rings (SSSR count). The molecule has 2 nitrogen and oxygen atoms in total. The summed E-state index contributed by atoms with van der Waals surface area (Å²) in [5.41, 5.74) is 2.63. The lowest BCUT2D eigenvalue weighted by Gasteiger charge is -2.34. The van der Waals surface area contributed by atoms with Gasteiger partial charge in [0.1, 0.15) is 5.75 Å². The molecule has 0 bridgehead atoms. The van der Waals surface area contributed by atoms with Crippen LogP contribution in [-0.2, 0) is 6.42 Å². The lowest BCUT2D eigenvalue weighted by Crippen LogP contribution is -2.33. The van der Waals surface area contributed by atoms with Gasteiger partial charge in [0.25, 0.3) is 0 Å². The first-order valence-electron chi connectivity index (χ1n) is 7.24. The largest absolute Gasteiger partial charge is 0.493 e. The average molecular weight is 245 g/mol. The third-order valence-electron chi connectivity index (χ3n) is 4.50. The Balaban J connectivity index is 1.72. The van der Waals surface area contributed by atoms with Crippen LogP contribution in [0.5, 0.6) is 5.75 Å². The minimum absolute atomic E-state index is 0.633. The fourth-order valence-electron chi connectivity index (χ4n) is 3.22. The monoisotopic (exact) mass is 245 g/mol. The zero-order valence-electron chi connectivity index (χ0n) is 11.4. The van der Waals surface area contributed by atoms with Gasteiger partial charge in [0.05, 0.1) is 6.61 Å². The Labute approximate surface area is 110 Å². The van der Waals surface area contributed by atoms with Crippen LogP contribution in [0, 0.1) is 11.8 Å². The molecule has 0 amide bonds. The maximum absolute atomic E-state index is 5.55. The highest BCUT2D eigenvalue weighted by molar-refractivity contribution is 5.53. The van der Waals surface area contributed by atoms with Crippen LogP contribution in [0.2, 0.25) is 0 Å². The molecule has 0 saturated heterocycles. The number of hydrogen-bond acceptors (Lipinski definition) is 2. The molecule has 18 heavy (non-hydrogen) atoms. The first kappa shape index (κ1) is 11.9. The van der Waals surface area contributed by atoms with E-state index in [1.807, 2.05) is 0 Å². The molecule has 0 spiro atoms. The molecule has 1 fully saturated rings. The molecule has 3 unspecified atom stereocenters. The Morgan fingerprint density at radius 1 is 1.22 bits per heavy atom. The van der Waals surface area contributed by atoms with Crippen LogP contribution < -0.4 is 10.1 Å². The molecule has 2 aliphatic rings. The van der Waals surface area contributed by atoms with Gasteiger partial charge in [-0.15, -0.1) is 0 Å². The van der Waals surface area contributed by atoms with Gasteiger partial charge in [-0.25, -0.2) is 0 Å². The summed E-state index contributed by atoms with van der Waals surface area (Å²) >= 11 is 0. The molecule has 0 radical (unpaired) electrons. The summed E-state index contributed by atoms with van der Waals surface area (Å²) in [6.07, 6.45) is 5.10. The fourth-order valence-corrected chi connectivity index (χ4v) is 3.22. The Bertz CT molecular complexity index is 429. The molecule has 1 aliphatic carbocycles. The van der Waals surface area contributed by atoms with Gasteiger partial charge in [0.15, 0.2) is 0 Å². The summed E-state index contributed by atoms with van der Waals surface area (Å²) in [7, 11) is 0. The quantitative estimate of drug-likeness (QED) is 0.854. The topological polar surface area (TPSA) is 21.3 Å². The second kappa shape index (κ2) is 4.83. The second-order valence-corrected chi connectivity index (χ2v) is 6.07. The molecule has 1 aromatic carbocycles. The van der Waals surface area contributed by atoms with Crippen molar-refractivity contribution in [1.82, 2.24) is 0 Å². The van der Waals surface area contributed by atoms with E-state index in [-0.39, 0.29) is 0 Å². The lowest BCUT2D eigenvalue weighted by molar-refractivity contribution is 0.280. The van der Waals surface area contributed by atoms with Gasteiger partial charge in [-0.1, -0.05) is 20.3 Å². The van der Waals surface area contributed by atoms with Crippen molar-refractivity contribution in [2.75, 3.05) is 11.9 Å². The highest BCUT2D eigenvalue weighted by Gasteiger charge is 2.25. The van der Waals surface area contributed by atoms with Crippen LogP contribution >= 0.6 is 0 Å². The lowest BCUT2D eigenvalue weighted by atomic mass is 9.80. The smallest absolute Gasteiger partial charge is 0.122 e. The standard InChI is InChI=1S/C16H23NO/c1-11-3-4-12(2)15(9-11)17-14-5-6-16-13(10-14)7-8-18-16/h5-6,10-12,15,17H,3-4,7-9H2,1-2H3. The van der Waals surface area contributed by atoms with Crippen LogP contribution in [0.1, 0.15) is 38.7 Å². The van der Waals surface area contributed by atoms with E-state index in [0.717, 1.165) is 30.6 Å². The van der Waals surface area contributed by atoms with Crippen molar-refractivity contribution in [2.24, 2.45) is 11.8 Å². The number of ether oxygens (including phenoxy) is 1. The van der Waals surface area contributed by atoms with Crippen molar-refractivity contribution in [3.8, 4) is 5.75 Å². The predicted octanol–water partition coefficient (Wildman–Crippen LogP) is 3.86. The third kappa shape index (κ3) is 2.33. The van der Waals surface area contributed by atoms with Gasteiger partial charge >= 0.3 is 0 Å². The summed E-state index contributed by atoms with van der Waals surface area (Å²) in [5.74, 6) is 2.72. The minimum Gasteiger partial charge on any atom is -0.493 e. The van der Waals surface area contributed by atoms with E-state index < -0.39 is 0 Å². The highest BCUT2D eigenvalue weighted by atomic mass is 16.5. The van der Waals surface area contributed by atoms with Gasteiger partial charge in [-0.3, -0.25) is 0 Å².